The summed E-state index contributed by atoms with van der Waals surface area (Å²) in [5.41, 5.74) is 1.27. The molecule has 112 valence electrons. The summed E-state index contributed by atoms with van der Waals surface area (Å²) in [6.07, 6.45) is 5.85. The van der Waals surface area contributed by atoms with E-state index in [2.05, 4.69) is 40.8 Å². The number of likely N-dealkylation sites (tertiary alicyclic amines) is 1. The van der Waals surface area contributed by atoms with Gasteiger partial charge >= 0.3 is 0 Å². The molecule has 0 radical (unpaired) electrons. The number of nitrogens with zero attached hydrogens (tertiary/aromatic N) is 3. The second kappa shape index (κ2) is 7.80. The van der Waals surface area contributed by atoms with Crippen molar-refractivity contribution in [3.63, 3.8) is 0 Å². The van der Waals surface area contributed by atoms with Crippen molar-refractivity contribution in [2.24, 2.45) is 0 Å². The molecular formula is C17H23N3O. The summed E-state index contributed by atoms with van der Waals surface area (Å²) in [5.74, 6) is 5.31. The summed E-state index contributed by atoms with van der Waals surface area (Å²) in [6.45, 7) is 7.39. The van der Waals surface area contributed by atoms with Crippen LogP contribution >= 0.6 is 0 Å². The van der Waals surface area contributed by atoms with E-state index in [4.69, 9.17) is 0 Å². The van der Waals surface area contributed by atoms with Gasteiger partial charge in [0.15, 0.2) is 0 Å². The van der Waals surface area contributed by atoms with Crippen molar-refractivity contribution in [2.75, 3.05) is 19.6 Å². The summed E-state index contributed by atoms with van der Waals surface area (Å²) < 4.78 is 0. The van der Waals surface area contributed by atoms with E-state index in [-0.39, 0.29) is 5.91 Å². The molecule has 0 N–H and O–H groups in total. The second-order valence-electron chi connectivity index (χ2n) is 5.34. The third-order valence-electron chi connectivity index (χ3n) is 3.97. The Bertz CT molecular complexity index is 518. The number of rotatable bonds is 4. The minimum atomic E-state index is -0.0397. The molecule has 2 rings (SSSR count). The van der Waals surface area contributed by atoms with Crippen LogP contribution in [0.2, 0.25) is 0 Å². The molecule has 0 spiro atoms. The predicted molar refractivity (Wildman–Crippen MR) is 83.4 cm³/mol. The number of piperidine rings is 1. The third-order valence-corrected chi connectivity index (χ3v) is 3.97. The summed E-state index contributed by atoms with van der Waals surface area (Å²) in [5, 5.41) is 0. The van der Waals surface area contributed by atoms with Gasteiger partial charge in [0.1, 0.15) is 0 Å². The van der Waals surface area contributed by atoms with E-state index in [0.717, 1.165) is 39.0 Å². The average molecular weight is 285 g/mol. The highest BCUT2D eigenvalue weighted by Crippen LogP contribution is 2.18. The fourth-order valence-electron chi connectivity index (χ4n) is 2.85. The van der Waals surface area contributed by atoms with E-state index in [0.29, 0.717) is 6.04 Å². The highest BCUT2D eigenvalue weighted by atomic mass is 16.2. The van der Waals surface area contributed by atoms with Crippen LogP contribution in [0, 0.1) is 11.8 Å². The molecule has 1 amide bonds. The van der Waals surface area contributed by atoms with Gasteiger partial charge in [-0.15, -0.1) is 0 Å². The number of likely N-dealkylation sites (N-methyl/N-ethyl adjacent to an activating group) is 1. The summed E-state index contributed by atoms with van der Waals surface area (Å²) in [7, 11) is 0. The van der Waals surface area contributed by atoms with E-state index in [1.54, 1.807) is 6.92 Å². The monoisotopic (exact) mass is 285 g/mol. The lowest BCUT2D eigenvalue weighted by molar-refractivity contribution is -0.127. The Kier molecular flexibility index (Phi) is 5.77. The SMILES string of the molecule is CC#CC(=O)N1CCCC(N(CC)Cc2ccncc2)C1. The van der Waals surface area contributed by atoms with Gasteiger partial charge in [-0.3, -0.25) is 14.7 Å². The Morgan fingerprint density at radius 3 is 2.90 bits per heavy atom. The number of aromatic nitrogens is 1. The maximum atomic E-state index is 11.9. The van der Waals surface area contributed by atoms with Crippen LogP contribution in [-0.4, -0.2) is 46.4 Å². The Hall–Kier alpha value is -1.86. The van der Waals surface area contributed by atoms with Gasteiger partial charge in [-0.1, -0.05) is 12.8 Å². The van der Waals surface area contributed by atoms with E-state index in [1.165, 1.54) is 5.56 Å². The molecule has 2 heterocycles. The number of amides is 1. The lowest BCUT2D eigenvalue weighted by atomic mass is 10.0. The molecule has 1 fully saturated rings. The van der Waals surface area contributed by atoms with Gasteiger partial charge in [0.2, 0.25) is 0 Å². The Balaban J connectivity index is 2.00. The van der Waals surface area contributed by atoms with Crippen LogP contribution in [0.5, 0.6) is 0 Å². The maximum absolute atomic E-state index is 11.9. The highest BCUT2D eigenvalue weighted by Gasteiger charge is 2.26. The molecule has 0 aromatic carbocycles. The van der Waals surface area contributed by atoms with Gasteiger partial charge in [0.05, 0.1) is 0 Å². The van der Waals surface area contributed by atoms with Crippen LogP contribution in [0.4, 0.5) is 0 Å². The molecule has 0 bridgehead atoms. The highest BCUT2D eigenvalue weighted by molar-refractivity contribution is 5.93. The summed E-state index contributed by atoms with van der Waals surface area (Å²) in [6, 6.07) is 4.52. The van der Waals surface area contributed by atoms with Crippen molar-refractivity contribution in [1.82, 2.24) is 14.8 Å². The lowest BCUT2D eigenvalue weighted by Crippen LogP contribution is -2.49. The predicted octanol–water partition coefficient (Wildman–Crippen LogP) is 1.92. The van der Waals surface area contributed by atoms with Gasteiger partial charge in [0.25, 0.3) is 5.91 Å². The van der Waals surface area contributed by atoms with Crippen LogP contribution in [0.3, 0.4) is 0 Å². The zero-order valence-corrected chi connectivity index (χ0v) is 12.9. The van der Waals surface area contributed by atoms with E-state index in [1.807, 2.05) is 17.3 Å². The molecule has 1 saturated heterocycles. The normalized spacial score (nSPS) is 18.2. The molecule has 4 heteroatoms. The van der Waals surface area contributed by atoms with Crippen LogP contribution in [0.15, 0.2) is 24.5 Å². The first-order valence-electron chi connectivity index (χ1n) is 7.59. The summed E-state index contributed by atoms with van der Waals surface area (Å²) >= 11 is 0. The molecule has 1 aliphatic heterocycles. The molecular weight excluding hydrogens is 262 g/mol. The molecule has 4 nitrogen and oxygen atoms in total. The lowest BCUT2D eigenvalue weighted by Gasteiger charge is -2.38. The Morgan fingerprint density at radius 2 is 2.24 bits per heavy atom. The molecule has 1 aliphatic rings. The fourth-order valence-corrected chi connectivity index (χ4v) is 2.85. The second-order valence-corrected chi connectivity index (χ2v) is 5.34. The first kappa shape index (κ1) is 15.5. The van der Waals surface area contributed by atoms with Crippen molar-refractivity contribution >= 4 is 5.91 Å². The quantitative estimate of drug-likeness (QED) is 0.793. The molecule has 0 aliphatic carbocycles. The molecule has 1 aromatic rings. The Labute approximate surface area is 127 Å². The first-order chi connectivity index (χ1) is 10.2. The molecule has 1 atom stereocenters. The van der Waals surface area contributed by atoms with Gasteiger partial charge in [-0.25, -0.2) is 0 Å². The van der Waals surface area contributed by atoms with E-state index in [9.17, 15) is 4.79 Å². The van der Waals surface area contributed by atoms with Gasteiger partial charge in [0, 0.05) is 38.1 Å². The minimum Gasteiger partial charge on any atom is -0.330 e. The number of pyridine rings is 1. The zero-order chi connectivity index (χ0) is 15.1. The first-order valence-corrected chi connectivity index (χ1v) is 7.59. The van der Waals surface area contributed by atoms with Crippen molar-refractivity contribution < 1.29 is 4.79 Å². The van der Waals surface area contributed by atoms with Crippen LogP contribution in [0.25, 0.3) is 0 Å². The summed E-state index contributed by atoms with van der Waals surface area (Å²) in [4.78, 5) is 20.3. The maximum Gasteiger partial charge on any atom is 0.298 e. The van der Waals surface area contributed by atoms with Crippen molar-refractivity contribution in [2.45, 2.75) is 39.3 Å². The van der Waals surface area contributed by atoms with Crippen molar-refractivity contribution in [1.29, 1.82) is 0 Å². The zero-order valence-electron chi connectivity index (χ0n) is 12.9. The molecule has 0 saturated carbocycles. The van der Waals surface area contributed by atoms with E-state index < -0.39 is 0 Å². The minimum absolute atomic E-state index is 0.0397. The molecule has 1 unspecified atom stereocenters. The smallest absolute Gasteiger partial charge is 0.298 e. The standard InChI is InChI=1S/C17H23N3O/c1-3-6-17(21)20-12-5-7-16(14-20)19(4-2)13-15-8-10-18-11-9-15/h8-11,16H,4-5,7,12-14H2,1-2H3. The largest absolute Gasteiger partial charge is 0.330 e. The van der Waals surface area contributed by atoms with Crippen molar-refractivity contribution in [3.8, 4) is 11.8 Å². The topological polar surface area (TPSA) is 36.4 Å². The van der Waals surface area contributed by atoms with Crippen LogP contribution in [-0.2, 0) is 11.3 Å². The van der Waals surface area contributed by atoms with Crippen LogP contribution in [0.1, 0.15) is 32.3 Å². The average Bonchev–Trinajstić information content (AvgIpc) is 2.54. The van der Waals surface area contributed by atoms with Gasteiger partial charge in [-0.05, 0) is 49.9 Å². The Morgan fingerprint density at radius 1 is 1.48 bits per heavy atom. The number of hydrogen-bond acceptors (Lipinski definition) is 3. The van der Waals surface area contributed by atoms with Gasteiger partial charge in [-0.2, -0.15) is 0 Å². The van der Waals surface area contributed by atoms with Crippen LogP contribution < -0.4 is 0 Å². The van der Waals surface area contributed by atoms with Gasteiger partial charge < -0.3 is 4.90 Å². The number of carbonyl (C=O) groups excluding carboxylic acids is 1. The number of carbonyl (C=O) groups is 1. The molecule has 21 heavy (non-hydrogen) atoms. The van der Waals surface area contributed by atoms with E-state index >= 15 is 0 Å². The number of hydrogen-bond donors (Lipinski definition) is 0. The van der Waals surface area contributed by atoms with Crippen molar-refractivity contribution in [3.05, 3.63) is 30.1 Å². The fraction of sp³-hybridized carbons (Fsp3) is 0.529. The molecule has 1 aromatic heterocycles. The third kappa shape index (κ3) is 4.30.